The summed E-state index contributed by atoms with van der Waals surface area (Å²) in [5, 5.41) is 36.0. The van der Waals surface area contributed by atoms with Crippen LogP contribution in [0.3, 0.4) is 0 Å². The van der Waals surface area contributed by atoms with Gasteiger partial charge < -0.3 is 27.0 Å². The minimum Gasteiger partial charge on any atom is -0.455 e. The van der Waals surface area contributed by atoms with Crippen LogP contribution in [-0.2, 0) is 0 Å². The van der Waals surface area contributed by atoms with Gasteiger partial charge in [0, 0.05) is 66.4 Å². The molecule has 0 aliphatic heterocycles. The maximum Gasteiger partial charge on any atom is 0.145 e. The lowest BCUT2D eigenvalue weighted by molar-refractivity contribution is 0.672. The first-order valence-corrected chi connectivity index (χ1v) is 25.1. The first-order valence-electron chi connectivity index (χ1n) is 25.1. The number of furan rings is 3. The second kappa shape index (κ2) is 14.9. The molecule has 10 aromatic carbocycles. The first kappa shape index (κ1) is 40.7. The molecular formula is C67H34N6O3. The number of aromatic nitrogens is 4. The molecule has 17 aromatic rings. The fraction of sp³-hybridized carbons (Fsp3) is 0. The van der Waals surface area contributed by atoms with E-state index >= 15 is 0 Å². The van der Waals surface area contributed by atoms with Crippen LogP contribution >= 0.6 is 0 Å². The molecule has 0 fully saturated rings. The van der Waals surface area contributed by atoms with Crippen molar-refractivity contribution in [2.24, 2.45) is 0 Å². The highest BCUT2D eigenvalue weighted by Gasteiger charge is 2.34. The van der Waals surface area contributed by atoms with Gasteiger partial charge in [-0.25, -0.2) is 0 Å². The Morgan fingerprint density at radius 1 is 0.316 bits per heavy atom. The molecule has 0 unspecified atom stereocenters. The fourth-order valence-electron chi connectivity index (χ4n) is 12.8. The van der Waals surface area contributed by atoms with Crippen LogP contribution in [0.2, 0.25) is 0 Å². The SMILES string of the molecule is N#Cc1c(C#N)c(-n2c3ccccc3c3c4oc5ccccc5c4ccc32)c(-n2c3ccccc3c3c4oc5ccccc5c4ccc32)c(-c2ccncc2)c1-n1c2ccccc2c2c3oc4ccccc4c3ccc21. The summed E-state index contributed by atoms with van der Waals surface area (Å²) < 4.78 is 27.2. The number of hydrogen-bond acceptors (Lipinski definition) is 6. The van der Waals surface area contributed by atoms with E-state index in [1.165, 1.54) is 0 Å². The van der Waals surface area contributed by atoms with Gasteiger partial charge in [-0.05, 0) is 90.5 Å². The minimum absolute atomic E-state index is 0.198. The molecule has 0 saturated heterocycles. The Kier molecular flexibility index (Phi) is 7.96. The smallest absolute Gasteiger partial charge is 0.145 e. The first-order chi connectivity index (χ1) is 37.7. The summed E-state index contributed by atoms with van der Waals surface area (Å²) in [5.41, 5.74) is 13.3. The lowest BCUT2D eigenvalue weighted by Gasteiger charge is -2.26. The van der Waals surface area contributed by atoms with Crippen molar-refractivity contribution in [1.29, 1.82) is 10.5 Å². The Bertz CT molecular complexity index is 5510. The van der Waals surface area contributed by atoms with E-state index in [1.807, 2.05) is 91.0 Å². The summed E-state index contributed by atoms with van der Waals surface area (Å²) >= 11 is 0. The average molecular weight is 971 g/mol. The normalized spacial score (nSPS) is 12.2. The van der Waals surface area contributed by atoms with Gasteiger partial charge in [0.1, 0.15) is 45.6 Å². The highest BCUT2D eigenvalue weighted by molar-refractivity contribution is 6.28. The van der Waals surface area contributed by atoms with E-state index < -0.39 is 0 Å². The molecule has 0 radical (unpaired) electrons. The van der Waals surface area contributed by atoms with Gasteiger partial charge in [0.25, 0.3) is 0 Å². The zero-order chi connectivity index (χ0) is 49.9. The third-order valence-corrected chi connectivity index (χ3v) is 15.8. The maximum atomic E-state index is 12.3. The van der Waals surface area contributed by atoms with Crippen molar-refractivity contribution in [2.45, 2.75) is 0 Å². The number of para-hydroxylation sites is 6. The van der Waals surface area contributed by atoms with E-state index in [9.17, 15) is 10.5 Å². The second-order valence-electron chi connectivity index (χ2n) is 19.5. The van der Waals surface area contributed by atoms with Crippen LogP contribution in [0.5, 0.6) is 0 Å². The third kappa shape index (κ3) is 5.12. The number of rotatable bonds is 4. The molecule has 0 spiro atoms. The van der Waals surface area contributed by atoms with Crippen LogP contribution in [0.25, 0.3) is 159 Å². The molecule has 76 heavy (non-hydrogen) atoms. The third-order valence-electron chi connectivity index (χ3n) is 15.8. The molecule has 0 amide bonds. The molecule has 0 saturated carbocycles. The topological polar surface area (TPSA) is 115 Å². The summed E-state index contributed by atoms with van der Waals surface area (Å²) in [7, 11) is 0. The zero-order valence-electron chi connectivity index (χ0n) is 40.0. The monoisotopic (exact) mass is 970 g/mol. The standard InChI is InChI=1S/C67H34N6O3/c68-35-47-48(36-69)63(72-50-20-8-2-17-45(50)60-53(72)29-26-42-39-14-5-11-23-56(39)75-66(42)60)64(73-51-21-9-3-18-46(51)61-54(73)30-27-43-40-15-6-12-24-57(40)76-67(43)61)58(37-31-33-70-34-32-37)62(47)71-49-19-7-1-16-44(49)59-52(71)28-25-41-38-13-4-10-22-55(38)74-65(41)59/h1-34H. The number of pyridine rings is 1. The number of nitriles is 2. The van der Waals surface area contributed by atoms with Crippen LogP contribution < -0.4 is 0 Å². The summed E-state index contributed by atoms with van der Waals surface area (Å²) in [4.78, 5) is 4.57. The van der Waals surface area contributed by atoms with Crippen molar-refractivity contribution < 1.29 is 13.3 Å². The lowest BCUT2D eigenvalue weighted by atomic mass is 9.92. The molecule has 0 N–H and O–H groups in total. The Morgan fingerprint density at radius 2 is 0.658 bits per heavy atom. The van der Waals surface area contributed by atoms with E-state index in [0.29, 0.717) is 22.6 Å². The summed E-state index contributed by atoms with van der Waals surface area (Å²) in [5.74, 6) is 0. The predicted molar refractivity (Wildman–Crippen MR) is 304 cm³/mol. The quantitative estimate of drug-likeness (QED) is 0.173. The maximum absolute atomic E-state index is 12.3. The second-order valence-corrected chi connectivity index (χ2v) is 19.5. The van der Waals surface area contributed by atoms with Gasteiger partial charge in [0.05, 0.1) is 77.4 Å². The number of benzene rings is 10. The van der Waals surface area contributed by atoms with Gasteiger partial charge in [0.15, 0.2) is 0 Å². The summed E-state index contributed by atoms with van der Waals surface area (Å²) in [6.45, 7) is 0. The number of fused-ring (bicyclic) bond motifs is 21. The predicted octanol–water partition coefficient (Wildman–Crippen LogP) is 17.5. The Labute approximate surface area is 429 Å². The van der Waals surface area contributed by atoms with Crippen LogP contribution in [0.15, 0.2) is 220 Å². The Balaban J connectivity index is 1.15. The van der Waals surface area contributed by atoms with Crippen LogP contribution in [-0.4, -0.2) is 18.7 Å². The molecule has 0 aliphatic carbocycles. The molecule has 0 bridgehead atoms. The molecule has 7 heterocycles. The minimum atomic E-state index is 0.198. The highest BCUT2D eigenvalue weighted by Crippen LogP contribution is 2.52. The van der Waals surface area contributed by atoms with Crippen LogP contribution in [0, 0.1) is 22.7 Å². The molecule has 17 rings (SSSR count). The van der Waals surface area contributed by atoms with Crippen molar-refractivity contribution in [1.82, 2.24) is 18.7 Å². The molecule has 0 atom stereocenters. The van der Waals surface area contributed by atoms with E-state index in [2.05, 4.69) is 134 Å². The van der Waals surface area contributed by atoms with Gasteiger partial charge in [-0.2, -0.15) is 10.5 Å². The number of hydrogen-bond donors (Lipinski definition) is 0. The lowest BCUT2D eigenvalue weighted by Crippen LogP contribution is -2.14. The molecule has 7 aromatic heterocycles. The zero-order valence-corrected chi connectivity index (χ0v) is 40.0. The van der Waals surface area contributed by atoms with E-state index in [-0.39, 0.29) is 11.1 Å². The van der Waals surface area contributed by atoms with E-state index in [0.717, 1.165) is 137 Å². The van der Waals surface area contributed by atoms with Crippen molar-refractivity contribution in [2.75, 3.05) is 0 Å². The van der Waals surface area contributed by atoms with Crippen molar-refractivity contribution >= 4 is 131 Å². The molecule has 350 valence electrons. The van der Waals surface area contributed by atoms with E-state index in [4.69, 9.17) is 13.3 Å². The van der Waals surface area contributed by atoms with Gasteiger partial charge in [-0.1, -0.05) is 109 Å². The van der Waals surface area contributed by atoms with Gasteiger partial charge in [0.2, 0.25) is 0 Å². The van der Waals surface area contributed by atoms with Crippen LogP contribution in [0.4, 0.5) is 0 Å². The van der Waals surface area contributed by atoms with Crippen molar-refractivity contribution in [3.63, 3.8) is 0 Å². The van der Waals surface area contributed by atoms with Gasteiger partial charge >= 0.3 is 0 Å². The molecule has 9 heteroatoms. The largest absolute Gasteiger partial charge is 0.455 e. The molecule has 9 nitrogen and oxygen atoms in total. The molecular weight excluding hydrogens is 937 g/mol. The van der Waals surface area contributed by atoms with Gasteiger partial charge in [-0.3, -0.25) is 4.98 Å². The molecule has 0 aliphatic rings. The number of nitrogens with zero attached hydrogens (tertiary/aromatic N) is 6. The Morgan fingerprint density at radius 3 is 1.07 bits per heavy atom. The van der Waals surface area contributed by atoms with Gasteiger partial charge in [-0.15, -0.1) is 0 Å². The highest BCUT2D eigenvalue weighted by atomic mass is 16.3. The van der Waals surface area contributed by atoms with Crippen molar-refractivity contribution in [3.05, 3.63) is 218 Å². The summed E-state index contributed by atoms with van der Waals surface area (Å²) in [6, 6.07) is 71.5. The summed E-state index contributed by atoms with van der Waals surface area (Å²) in [6.07, 6.45) is 3.58. The van der Waals surface area contributed by atoms with Crippen LogP contribution in [0.1, 0.15) is 11.1 Å². The van der Waals surface area contributed by atoms with E-state index in [1.54, 1.807) is 12.4 Å². The average Bonchev–Trinajstić information content (AvgIpc) is 4.50. The fourth-order valence-corrected chi connectivity index (χ4v) is 12.8. The van der Waals surface area contributed by atoms with Crippen molar-refractivity contribution in [3.8, 4) is 40.3 Å². The Hall–Kier alpha value is -10.9.